The van der Waals surface area contributed by atoms with Crippen LogP contribution in [-0.2, 0) is 9.53 Å². The second-order valence-electron chi connectivity index (χ2n) is 3.77. The molecule has 0 aromatic heterocycles. The van der Waals surface area contributed by atoms with E-state index in [0.717, 1.165) is 13.0 Å². The molecule has 0 aromatic rings. The second kappa shape index (κ2) is 4.97. The third-order valence-corrected chi connectivity index (χ3v) is 2.63. The lowest BCUT2D eigenvalue weighted by Gasteiger charge is -2.19. The van der Waals surface area contributed by atoms with Crippen molar-refractivity contribution in [1.29, 1.82) is 5.26 Å². The SMILES string of the molecule is CC(C#N)C(=O)NC(C)C1CCOC1. The molecule has 4 heteroatoms. The first-order chi connectivity index (χ1) is 6.65. The van der Waals surface area contributed by atoms with Gasteiger partial charge in [-0.05, 0) is 20.3 Å². The number of rotatable bonds is 3. The Kier molecular flexibility index (Phi) is 3.90. The predicted molar refractivity (Wildman–Crippen MR) is 51.3 cm³/mol. The van der Waals surface area contributed by atoms with Crippen LogP contribution < -0.4 is 5.32 Å². The molecule has 0 bridgehead atoms. The fourth-order valence-corrected chi connectivity index (χ4v) is 1.47. The van der Waals surface area contributed by atoms with E-state index in [1.807, 2.05) is 13.0 Å². The zero-order chi connectivity index (χ0) is 10.6. The normalized spacial score (nSPS) is 25.1. The minimum atomic E-state index is -0.570. The van der Waals surface area contributed by atoms with Gasteiger partial charge < -0.3 is 10.1 Å². The molecule has 1 saturated heterocycles. The molecule has 1 aliphatic heterocycles. The molecule has 14 heavy (non-hydrogen) atoms. The van der Waals surface area contributed by atoms with E-state index in [1.54, 1.807) is 6.92 Å². The summed E-state index contributed by atoms with van der Waals surface area (Å²) in [5.74, 6) is -0.364. The van der Waals surface area contributed by atoms with Gasteiger partial charge in [0, 0.05) is 18.6 Å². The predicted octanol–water partition coefficient (Wildman–Crippen LogP) is 0.687. The van der Waals surface area contributed by atoms with Crippen molar-refractivity contribution in [3.8, 4) is 6.07 Å². The second-order valence-corrected chi connectivity index (χ2v) is 3.77. The quantitative estimate of drug-likeness (QED) is 0.722. The summed E-state index contributed by atoms with van der Waals surface area (Å²) in [6.45, 7) is 5.05. The standard InChI is InChI=1S/C10H16N2O2/c1-7(5-11)10(13)12-8(2)9-3-4-14-6-9/h7-9H,3-4,6H2,1-2H3,(H,12,13). The van der Waals surface area contributed by atoms with Gasteiger partial charge in [-0.1, -0.05) is 0 Å². The Morgan fingerprint density at radius 2 is 2.36 bits per heavy atom. The fraction of sp³-hybridized carbons (Fsp3) is 0.800. The lowest BCUT2D eigenvalue weighted by Crippen LogP contribution is -2.40. The number of carbonyl (C=O) groups is 1. The molecule has 1 amide bonds. The highest BCUT2D eigenvalue weighted by molar-refractivity contribution is 5.80. The Hall–Kier alpha value is -1.08. The maximum absolute atomic E-state index is 11.4. The summed E-state index contributed by atoms with van der Waals surface area (Å²) in [6.07, 6.45) is 0.988. The van der Waals surface area contributed by atoms with E-state index in [2.05, 4.69) is 5.32 Å². The van der Waals surface area contributed by atoms with Crippen LogP contribution in [-0.4, -0.2) is 25.2 Å². The van der Waals surface area contributed by atoms with E-state index in [4.69, 9.17) is 10.00 Å². The zero-order valence-corrected chi connectivity index (χ0v) is 8.62. The molecule has 1 rings (SSSR count). The summed E-state index contributed by atoms with van der Waals surface area (Å²) >= 11 is 0. The van der Waals surface area contributed by atoms with Crippen molar-refractivity contribution < 1.29 is 9.53 Å². The number of amides is 1. The van der Waals surface area contributed by atoms with Crippen LogP contribution in [0.1, 0.15) is 20.3 Å². The summed E-state index contributed by atoms with van der Waals surface area (Å²) in [6, 6.07) is 2.02. The van der Waals surface area contributed by atoms with Crippen LogP contribution in [0, 0.1) is 23.2 Å². The Morgan fingerprint density at radius 1 is 1.64 bits per heavy atom. The van der Waals surface area contributed by atoms with E-state index < -0.39 is 5.92 Å². The van der Waals surface area contributed by atoms with Crippen LogP contribution in [0.4, 0.5) is 0 Å². The first-order valence-electron chi connectivity index (χ1n) is 4.93. The molecule has 3 atom stereocenters. The third-order valence-electron chi connectivity index (χ3n) is 2.63. The summed E-state index contributed by atoms with van der Waals surface area (Å²) in [5.41, 5.74) is 0. The van der Waals surface area contributed by atoms with Crippen molar-refractivity contribution in [1.82, 2.24) is 5.32 Å². The Balaban J connectivity index is 2.36. The number of hydrogen-bond donors (Lipinski definition) is 1. The summed E-state index contributed by atoms with van der Waals surface area (Å²) in [4.78, 5) is 11.4. The van der Waals surface area contributed by atoms with E-state index in [0.29, 0.717) is 12.5 Å². The number of hydrogen-bond acceptors (Lipinski definition) is 3. The van der Waals surface area contributed by atoms with Crippen LogP contribution in [0.15, 0.2) is 0 Å². The molecule has 4 nitrogen and oxygen atoms in total. The maximum atomic E-state index is 11.4. The molecule has 0 radical (unpaired) electrons. The Labute approximate surface area is 84.2 Å². The third kappa shape index (κ3) is 2.71. The zero-order valence-electron chi connectivity index (χ0n) is 8.62. The summed E-state index contributed by atoms with van der Waals surface area (Å²) in [5, 5.41) is 11.4. The molecule has 1 heterocycles. The molecular formula is C10H16N2O2. The molecule has 1 fully saturated rings. The summed E-state index contributed by atoms with van der Waals surface area (Å²) < 4.78 is 5.23. The van der Waals surface area contributed by atoms with Crippen LogP contribution in [0.2, 0.25) is 0 Å². The highest BCUT2D eigenvalue weighted by atomic mass is 16.5. The molecular weight excluding hydrogens is 180 g/mol. The molecule has 0 aliphatic carbocycles. The molecule has 0 aromatic carbocycles. The number of nitrogens with zero attached hydrogens (tertiary/aromatic N) is 1. The lowest BCUT2D eigenvalue weighted by molar-refractivity contribution is -0.123. The molecule has 1 N–H and O–H groups in total. The molecule has 0 spiro atoms. The van der Waals surface area contributed by atoms with Crippen molar-refractivity contribution in [3.05, 3.63) is 0 Å². The largest absolute Gasteiger partial charge is 0.381 e. The van der Waals surface area contributed by atoms with Gasteiger partial charge in [-0.3, -0.25) is 4.79 Å². The van der Waals surface area contributed by atoms with Crippen molar-refractivity contribution in [2.75, 3.05) is 13.2 Å². The van der Waals surface area contributed by atoms with Gasteiger partial charge in [-0.2, -0.15) is 5.26 Å². The van der Waals surface area contributed by atoms with E-state index in [1.165, 1.54) is 0 Å². The van der Waals surface area contributed by atoms with Gasteiger partial charge in [-0.15, -0.1) is 0 Å². The average Bonchev–Trinajstić information content (AvgIpc) is 2.69. The van der Waals surface area contributed by atoms with Crippen molar-refractivity contribution >= 4 is 5.91 Å². The smallest absolute Gasteiger partial charge is 0.237 e. The van der Waals surface area contributed by atoms with Crippen molar-refractivity contribution in [3.63, 3.8) is 0 Å². The molecule has 1 aliphatic rings. The van der Waals surface area contributed by atoms with Gasteiger partial charge in [0.1, 0.15) is 5.92 Å². The van der Waals surface area contributed by atoms with Crippen LogP contribution >= 0.6 is 0 Å². The highest BCUT2D eigenvalue weighted by Gasteiger charge is 2.24. The van der Waals surface area contributed by atoms with Gasteiger partial charge in [0.2, 0.25) is 5.91 Å². The number of carbonyl (C=O) groups excluding carboxylic acids is 1. The maximum Gasteiger partial charge on any atom is 0.237 e. The first-order valence-corrected chi connectivity index (χ1v) is 4.93. The van der Waals surface area contributed by atoms with Gasteiger partial charge in [0.25, 0.3) is 0 Å². The van der Waals surface area contributed by atoms with Crippen LogP contribution in [0.3, 0.4) is 0 Å². The number of ether oxygens (including phenoxy) is 1. The van der Waals surface area contributed by atoms with E-state index in [-0.39, 0.29) is 11.9 Å². The van der Waals surface area contributed by atoms with Gasteiger partial charge in [0.05, 0.1) is 12.7 Å². The Bertz CT molecular complexity index is 241. The average molecular weight is 196 g/mol. The minimum absolute atomic E-state index is 0.0980. The monoisotopic (exact) mass is 196 g/mol. The van der Waals surface area contributed by atoms with Crippen LogP contribution in [0.5, 0.6) is 0 Å². The van der Waals surface area contributed by atoms with Crippen molar-refractivity contribution in [2.45, 2.75) is 26.3 Å². The summed E-state index contributed by atoms with van der Waals surface area (Å²) in [7, 11) is 0. The van der Waals surface area contributed by atoms with Crippen LogP contribution in [0.25, 0.3) is 0 Å². The fourth-order valence-electron chi connectivity index (χ4n) is 1.47. The molecule has 78 valence electrons. The first kappa shape index (κ1) is 11.0. The highest BCUT2D eigenvalue weighted by Crippen LogP contribution is 2.16. The number of nitriles is 1. The van der Waals surface area contributed by atoms with E-state index in [9.17, 15) is 4.79 Å². The Morgan fingerprint density at radius 3 is 2.86 bits per heavy atom. The van der Waals surface area contributed by atoms with Crippen molar-refractivity contribution in [2.24, 2.45) is 11.8 Å². The van der Waals surface area contributed by atoms with Gasteiger partial charge in [-0.25, -0.2) is 0 Å². The topological polar surface area (TPSA) is 62.1 Å². The molecule has 0 saturated carbocycles. The minimum Gasteiger partial charge on any atom is -0.381 e. The van der Waals surface area contributed by atoms with Gasteiger partial charge in [0.15, 0.2) is 0 Å². The van der Waals surface area contributed by atoms with Gasteiger partial charge >= 0.3 is 0 Å². The lowest BCUT2D eigenvalue weighted by atomic mass is 10.00. The van der Waals surface area contributed by atoms with E-state index >= 15 is 0 Å². The number of nitrogens with one attached hydrogen (secondary N) is 1. The molecule has 3 unspecified atom stereocenters.